The fraction of sp³-hybridized carbons (Fsp3) is 0.182. The molecule has 0 aliphatic carbocycles. The van der Waals surface area contributed by atoms with Crippen LogP contribution in [0.2, 0.25) is 0 Å². The first kappa shape index (κ1) is 36.7. The van der Waals surface area contributed by atoms with Gasteiger partial charge in [-0.2, -0.15) is 12.1 Å². The number of rotatable bonds is 12. The molecule has 1 aliphatic heterocycles. The summed E-state index contributed by atoms with van der Waals surface area (Å²) in [6, 6.07) is 46.5. The van der Waals surface area contributed by atoms with E-state index in [-0.39, 0.29) is 77.6 Å². The molecule has 0 N–H and O–H groups in total. The third-order valence-electron chi connectivity index (χ3n) is 12.4. The number of para-hydroxylation sites is 4. The normalized spacial score (nSPS) is 15.1. The Labute approximate surface area is 455 Å². The predicted octanol–water partition coefficient (Wildman–Crippen LogP) is 17.7. The van der Waals surface area contributed by atoms with Crippen LogP contribution in [0, 0.1) is 30.6 Å². The standard InChI is InChI=1S/C66H59N4O.Pt/c1-44(2)35-46-37-47(36-45(3)4)39-51(38-46)57-23-16-22-56(50-29-27-49(28-30-50)48-17-9-8-10-18-48)65(57)69-43-68(61-25-13-14-26-62(61)69)53-19-15-20-54(41-53)71-55-31-32-59-58-21-11-12-24-60(58)70(63(59)42-55)64-40-52(33-34-67-64)66(5,6)7;/h8-34,37-40,43-45H,35-36H2,1-7H3;/q-3;/i16D,22D,23D,29D,30D,35D2,36D2,38D,39D;. The number of anilines is 4. The molecule has 72 heavy (non-hydrogen) atoms. The summed E-state index contributed by atoms with van der Waals surface area (Å²) in [7, 11) is 0. The van der Waals surface area contributed by atoms with Gasteiger partial charge in [-0.25, -0.2) is 4.98 Å². The van der Waals surface area contributed by atoms with Crippen molar-refractivity contribution in [1.82, 2.24) is 9.55 Å². The van der Waals surface area contributed by atoms with E-state index in [1.165, 1.54) is 6.07 Å². The zero-order valence-corrected chi connectivity index (χ0v) is 43.4. The molecule has 0 saturated carbocycles. The quantitative estimate of drug-likeness (QED) is 0.114. The van der Waals surface area contributed by atoms with Crippen molar-refractivity contribution in [2.75, 3.05) is 9.80 Å². The van der Waals surface area contributed by atoms with Crippen molar-refractivity contribution < 1.29 is 40.9 Å². The van der Waals surface area contributed by atoms with Gasteiger partial charge in [-0.05, 0) is 105 Å². The van der Waals surface area contributed by atoms with Crippen LogP contribution in [-0.2, 0) is 39.2 Å². The monoisotopic (exact) mass is 1130 g/mol. The Bertz CT molecular complexity index is 4110. The zero-order valence-electron chi connectivity index (χ0n) is 52.1. The van der Waals surface area contributed by atoms with E-state index in [1.807, 2.05) is 96.0 Å². The van der Waals surface area contributed by atoms with Gasteiger partial charge in [-0.1, -0.05) is 175 Å². The van der Waals surface area contributed by atoms with E-state index in [4.69, 9.17) is 9.72 Å². The fourth-order valence-corrected chi connectivity index (χ4v) is 9.16. The van der Waals surface area contributed by atoms with Crippen LogP contribution in [-0.4, -0.2) is 9.55 Å². The maximum absolute atomic E-state index is 9.93. The van der Waals surface area contributed by atoms with E-state index >= 15 is 0 Å². The molecule has 0 spiro atoms. The van der Waals surface area contributed by atoms with Crippen LogP contribution in [0.4, 0.5) is 22.7 Å². The molecule has 0 bridgehead atoms. The number of fused-ring (bicyclic) bond motifs is 4. The minimum Gasteiger partial charge on any atom is -0.509 e. The molecule has 11 rings (SSSR count). The molecule has 0 radical (unpaired) electrons. The van der Waals surface area contributed by atoms with Gasteiger partial charge in [-0.15, -0.1) is 48.1 Å². The molecule has 8 aromatic carbocycles. The number of hydrogen-bond donors (Lipinski definition) is 0. The molecule has 362 valence electrons. The summed E-state index contributed by atoms with van der Waals surface area (Å²) in [6.45, 7) is 14.8. The second kappa shape index (κ2) is 20.1. The van der Waals surface area contributed by atoms with Crippen LogP contribution >= 0.6 is 0 Å². The Balaban J connectivity index is 0.00000769. The van der Waals surface area contributed by atoms with Crippen molar-refractivity contribution in [3.63, 3.8) is 0 Å². The van der Waals surface area contributed by atoms with Crippen LogP contribution in [0.1, 0.15) is 80.2 Å². The smallest absolute Gasteiger partial charge is 0.135 e. The van der Waals surface area contributed by atoms with E-state index in [2.05, 4.69) is 55.7 Å². The number of aromatic nitrogens is 2. The molecule has 6 heteroatoms. The van der Waals surface area contributed by atoms with E-state index in [0.29, 0.717) is 34.1 Å². The average molecular weight is 1130 g/mol. The van der Waals surface area contributed by atoms with Gasteiger partial charge in [0.15, 0.2) is 0 Å². The molecule has 2 aromatic heterocycles. The molecule has 0 saturated heterocycles. The summed E-state index contributed by atoms with van der Waals surface area (Å²) in [6.07, 6.45) is -2.66. The molecule has 3 heterocycles. The zero-order chi connectivity index (χ0) is 58.5. The van der Waals surface area contributed by atoms with Crippen molar-refractivity contribution in [1.29, 1.82) is 0 Å². The first-order valence-electron chi connectivity index (χ1n) is 29.5. The first-order valence-corrected chi connectivity index (χ1v) is 24.0. The van der Waals surface area contributed by atoms with Crippen LogP contribution < -0.4 is 14.5 Å². The topological polar surface area (TPSA) is 33.5 Å². The molecule has 0 amide bonds. The minimum atomic E-state index is -2.25. The molecule has 1 aliphatic rings. The predicted molar refractivity (Wildman–Crippen MR) is 296 cm³/mol. The van der Waals surface area contributed by atoms with E-state index < -0.39 is 54.8 Å². The Morgan fingerprint density at radius 3 is 1.97 bits per heavy atom. The summed E-state index contributed by atoms with van der Waals surface area (Å²) >= 11 is 0. The van der Waals surface area contributed by atoms with Crippen molar-refractivity contribution in [3.05, 3.63) is 224 Å². The molecule has 0 fully saturated rings. The number of pyridine rings is 1. The van der Waals surface area contributed by atoms with Gasteiger partial charge in [0.05, 0.1) is 9.60 Å². The molecular formula is C66H59N4OPt-3. The molecule has 0 atom stereocenters. The molecular weight excluding hydrogens is 1060 g/mol. The molecule has 0 unspecified atom stereocenters. The largest absolute Gasteiger partial charge is 0.509 e. The SMILES string of the molecule is [2H]c1cc(-c2ccccc2)cc([2H])c1-c1c([2H])c([2H])c([2H])c(-c2c([2H])c(C([2H])([2H])C(C)C)cc(C([2H])([2H])C(C)C)c2[2H])c1N1[CH-]N(c2[c-]c(Oc3[c-]c4c(cc3)c3ccccc3n4-c3cc(C(C)(C)C)ccn3)ccc2)c2ccccc21.[Pt]. The third kappa shape index (κ3) is 9.63. The summed E-state index contributed by atoms with van der Waals surface area (Å²) in [5.74, 6) is 0.0464. The van der Waals surface area contributed by atoms with Gasteiger partial charge in [-0.3, -0.25) is 0 Å². The van der Waals surface area contributed by atoms with Crippen molar-refractivity contribution in [2.24, 2.45) is 11.8 Å². The van der Waals surface area contributed by atoms with Gasteiger partial charge >= 0.3 is 0 Å². The van der Waals surface area contributed by atoms with Crippen LogP contribution in [0.25, 0.3) is 61.0 Å². The summed E-state index contributed by atoms with van der Waals surface area (Å²) in [5, 5.41) is 2.00. The Kier molecular flexibility index (Phi) is 10.3. The van der Waals surface area contributed by atoms with Gasteiger partial charge in [0.1, 0.15) is 5.82 Å². The number of benzene rings is 8. The minimum absolute atomic E-state index is 0. The third-order valence-corrected chi connectivity index (χ3v) is 12.4. The number of nitrogens with zero attached hydrogens (tertiary/aromatic N) is 4. The Hall–Kier alpha value is -7.20. The van der Waals surface area contributed by atoms with Crippen molar-refractivity contribution in [2.45, 2.75) is 66.6 Å². The molecule has 10 aromatic rings. The molecule has 5 nitrogen and oxygen atoms in total. The van der Waals surface area contributed by atoms with Crippen LogP contribution in [0.15, 0.2) is 188 Å². The first-order chi connectivity index (χ1) is 38.9. The summed E-state index contributed by atoms with van der Waals surface area (Å²) in [4.78, 5) is 8.30. The number of hydrogen-bond acceptors (Lipinski definition) is 4. The van der Waals surface area contributed by atoms with Gasteiger partial charge in [0.2, 0.25) is 0 Å². The maximum atomic E-state index is 9.93. The second-order valence-corrected chi connectivity index (χ2v) is 19.4. The average Bonchev–Trinajstić information content (AvgIpc) is 4.16. The van der Waals surface area contributed by atoms with E-state index in [1.54, 1.807) is 69.6 Å². The van der Waals surface area contributed by atoms with Gasteiger partial charge in [0, 0.05) is 77.9 Å². The van der Waals surface area contributed by atoms with Gasteiger partial charge < -0.3 is 19.1 Å². The number of ether oxygens (including phenoxy) is 1. The second-order valence-electron chi connectivity index (χ2n) is 19.4. The summed E-state index contributed by atoms with van der Waals surface area (Å²) < 4.78 is 115. The maximum Gasteiger partial charge on any atom is 0.135 e. The summed E-state index contributed by atoms with van der Waals surface area (Å²) in [5.41, 5.74) is 4.38. The Morgan fingerprint density at radius 2 is 1.26 bits per heavy atom. The van der Waals surface area contributed by atoms with E-state index in [0.717, 1.165) is 38.8 Å². The fourth-order valence-electron chi connectivity index (χ4n) is 9.16. The van der Waals surface area contributed by atoms with Crippen LogP contribution in [0.5, 0.6) is 11.5 Å². The van der Waals surface area contributed by atoms with Gasteiger partial charge in [0.25, 0.3) is 0 Å². The van der Waals surface area contributed by atoms with Crippen molar-refractivity contribution in [3.8, 4) is 50.7 Å². The van der Waals surface area contributed by atoms with Crippen LogP contribution in [0.3, 0.4) is 0 Å². The van der Waals surface area contributed by atoms with E-state index in [9.17, 15) is 15.1 Å². The van der Waals surface area contributed by atoms with Crippen molar-refractivity contribution >= 4 is 44.6 Å². The Morgan fingerprint density at radius 1 is 0.625 bits per heavy atom.